The Kier molecular flexibility index (Phi) is 6.42. The number of hydrogen-bond acceptors (Lipinski definition) is 4. The third-order valence-electron chi connectivity index (χ3n) is 4.40. The molecule has 1 amide bonds. The second-order valence-electron chi connectivity index (χ2n) is 6.25. The average molecular weight is 320 g/mol. The summed E-state index contributed by atoms with van der Waals surface area (Å²) >= 11 is 0. The molecular formula is C18H28N2O3. The minimum Gasteiger partial charge on any atom is -0.491 e. The average Bonchev–Trinajstić information content (AvgIpc) is 2.59. The van der Waals surface area contributed by atoms with Gasteiger partial charge < -0.3 is 20.1 Å². The van der Waals surface area contributed by atoms with Gasteiger partial charge in [0.25, 0.3) is 5.91 Å². The molecule has 0 unspecified atom stereocenters. The van der Waals surface area contributed by atoms with Gasteiger partial charge in [-0.1, -0.05) is 32.0 Å². The minimum atomic E-state index is -0.693. The highest BCUT2D eigenvalue weighted by atomic mass is 16.5. The Morgan fingerprint density at radius 2 is 2.00 bits per heavy atom. The van der Waals surface area contributed by atoms with Crippen molar-refractivity contribution >= 4 is 5.91 Å². The predicted molar refractivity (Wildman–Crippen MR) is 90.9 cm³/mol. The molecule has 1 aromatic carbocycles. The molecule has 1 aromatic rings. The lowest BCUT2D eigenvalue weighted by atomic mass is 9.91. The summed E-state index contributed by atoms with van der Waals surface area (Å²) in [6, 6.07) is 8.03. The highest BCUT2D eigenvalue weighted by Gasteiger charge is 2.39. The van der Waals surface area contributed by atoms with Crippen molar-refractivity contribution in [2.75, 3.05) is 33.4 Å². The van der Waals surface area contributed by atoms with Crippen LogP contribution in [-0.2, 0) is 9.53 Å². The van der Waals surface area contributed by atoms with Crippen LogP contribution in [0.25, 0.3) is 0 Å². The molecule has 128 valence electrons. The molecule has 1 heterocycles. The first-order valence-corrected chi connectivity index (χ1v) is 8.35. The van der Waals surface area contributed by atoms with Crippen LogP contribution in [0.2, 0.25) is 0 Å². The first-order valence-electron chi connectivity index (χ1n) is 8.35. The summed E-state index contributed by atoms with van der Waals surface area (Å²) in [4.78, 5) is 12.4. The van der Waals surface area contributed by atoms with Crippen LogP contribution in [0.5, 0.6) is 5.75 Å². The minimum absolute atomic E-state index is 0.0396. The lowest BCUT2D eigenvalue weighted by molar-refractivity contribution is -0.146. The number of nitrogens with one attached hydrogen (secondary N) is 2. The molecule has 1 fully saturated rings. The second kappa shape index (κ2) is 8.31. The van der Waals surface area contributed by atoms with Gasteiger partial charge >= 0.3 is 0 Å². The maximum absolute atomic E-state index is 12.4. The number of carbonyl (C=O) groups excluding carboxylic acids is 1. The van der Waals surface area contributed by atoms with E-state index >= 15 is 0 Å². The standard InChI is InChI=1S/C18H28N2O3/c1-14(2)15-6-4-5-7-16(15)23-13-12-20-17(21)18(22-3)8-10-19-11-9-18/h4-7,14,19H,8-13H2,1-3H3,(H,20,21). The molecular weight excluding hydrogens is 292 g/mol. The molecule has 5 heteroatoms. The third kappa shape index (κ3) is 4.45. The molecule has 0 aliphatic carbocycles. The van der Waals surface area contributed by atoms with Crippen LogP contribution in [0.4, 0.5) is 0 Å². The number of rotatable bonds is 7. The molecule has 0 spiro atoms. The van der Waals surface area contributed by atoms with Crippen molar-refractivity contribution in [3.05, 3.63) is 29.8 Å². The molecule has 0 radical (unpaired) electrons. The van der Waals surface area contributed by atoms with Crippen molar-refractivity contribution in [1.82, 2.24) is 10.6 Å². The number of hydrogen-bond donors (Lipinski definition) is 2. The van der Waals surface area contributed by atoms with E-state index in [1.165, 1.54) is 5.56 Å². The number of para-hydroxylation sites is 1. The number of piperidine rings is 1. The van der Waals surface area contributed by atoms with Crippen molar-refractivity contribution in [1.29, 1.82) is 0 Å². The summed E-state index contributed by atoms with van der Waals surface area (Å²) in [5, 5.41) is 6.20. The molecule has 23 heavy (non-hydrogen) atoms. The normalized spacial score (nSPS) is 17.0. The van der Waals surface area contributed by atoms with Gasteiger partial charge in [-0.05, 0) is 43.5 Å². The van der Waals surface area contributed by atoms with Gasteiger partial charge in [-0.3, -0.25) is 4.79 Å². The molecule has 1 aliphatic rings. The predicted octanol–water partition coefficient (Wildman–Crippen LogP) is 2.07. The van der Waals surface area contributed by atoms with E-state index in [9.17, 15) is 4.79 Å². The van der Waals surface area contributed by atoms with Gasteiger partial charge in [-0.15, -0.1) is 0 Å². The molecule has 0 atom stereocenters. The van der Waals surface area contributed by atoms with Gasteiger partial charge in [0.15, 0.2) is 0 Å². The lowest BCUT2D eigenvalue weighted by Crippen LogP contribution is -2.54. The third-order valence-corrected chi connectivity index (χ3v) is 4.40. The number of ether oxygens (including phenoxy) is 2. The Hall–Kier alpha value is -1.59. The molecule has 1 aliphatic heterocycles. The SMILES string of the molecule is COC1(C(=O)NCCOc2ccccc2C(C)C)CCNCC1. The summed E-state index contributed by atoms with van der Waals surface area (Å²) in [6.45, 7) is 6.82. The Balaban J connectivity index is 1.82. The fraction of sp³-hybridized carbons (Fsp3) is 0.611. The summed E-state index contributed by atoms with van der Waals surface area (Å²) in [5.41, 5.74) is 0.492. The Bertz CT molecular complexity index is 511. The maximum atomic E-state index is 12.4. The molecule has 0 aromatic heterocycles. The van der Waals surface area contributed by atoms with Crippen molar-refractivity contribution in [2.45, 2.75) is 38.2 Å². The van der Waals surface area contributed by atoms with Crippen LogP contribution in [0.3, 0.4) is 0 Å². The summed E-state index contributed by atoms with van der Waals surface area (Å²) < 4.78 is 11.3. The lowest BCUT2D eigenvalue weighted by Gasteiger charge is -2.34. The van der Waals surface area contributed by atoms with Crippen molar-refractivity contribution in [2.24, 2.45) is 0 Å². The highest BCUT2D eigenvalue weighted by molar-refractivity contribution is 5.85. The van der Waals surface area contributed by atoms with Crippen LogP contribution in [0, 0.1) is 0 Å². The van der Waals surface area contributed by atoms with Gasteiger partial charge in [-0.25, -0.2) is 0 Å². The van der Waals surface area contributed by atoms with Crippen LogP contribution in [-0.4, -0.2) is 44.9 Å². The van der Waals surface area contributed by atoms with Crippen molar-refractivity contribution in [3.63, 3.8) is 0 Å². The zero-order chi connectivity index (χ0) is 16.7. The van der Waals surface area contributed by atoms with Crippen LogP contribution < -0.4 is 15.4 Å². The zero-order valence-electron chi connectivity index (χ0n) is 14.4. The molecule has 2 N–H and O–H groups in total. The largest absolute Gasteiger partial charge is 0.491 e. The highest BCUT2D eigenvalue weighted by Crippen LogP contribution is 2.26. The number of carbonyl (C=O) groups is 1. The quantitative estimate of drug-likeness (QED) is 0.755. The molecule has 0 bridgehead atoms. The fourth-order valence-corrected chi connectivity index (χ4v) is 2.93. The summed E-state index contributed by atoms with van der Waals surface area (Å²) in [7, 11) is 1.61. The van der Waals surface area contributed by atoms with E-state index in [4.69, 9.17) is 9.47 Å². The molecule has 0 saturated carbocycles. The van der Waals surface area contributed by atoms with E-state index in [-0.39, 0.29) is 5.91 Å². The fourth-order valence-electron chi connectivity index (χ4n) is 2.93. The first kappa shape index (κ1) is 17.8. The monoisotopic (exact) mass is 320 g/mol. The van der Waals surface area contributed by atoms with E-state index in [0.717, 1.165) is 18.8 Å². The Morgan fingerprint density at radius 3 is 2.65 bits per heavy atom. The van der Waals surface area contributed by atoms with E-state index in [0.29, 0.717) is 31.9 Å². The van der Waals surface area contributed by atoms with Crippen LogP contribution in [0.1, 0.15) is 38.2 Å². The van der Waals surface area contributed by atoms with Gasteiger partial charge in [0.2, 0.25) is 0 Å². The van der Waals surface area contributed by atoms with Gasteiger partial charge in [-0.2, -0.15) is 0 Å². The van der Waals surface area contributed by atoms with Crippen molar-refractivity contribution < 1.29 is 14.3 Å². The van der Waals surface area contributed by atoms with Crippen LogP contribution >= 0.6 is 0 Å². The topological polar surface area (TPSA) is 59.6 Å². The summed E-state index contributed by atoms with van der Waals surface area (Å²) in [6.07, 6.45) is 1.40. The van der Waals surface area contributed by atoms with Gasteiger partial charge in [0.05, 0.1) is 6.54 Å². The summed E-state index contributed by atoms with van der Waals surface area (Å²) in [5.74, 6) is 1.26. The van der Waals surface area contributed by atoms with E-state index in [1.54, 1.807) is 7.11 Å². The Morgan fingerprint density at radius 1 is 1.30 bits per heavy atom. The number of benzene rings is 1. The van der Waals surface area contributed by atoms with Gasteiger partial charge in [0.1, 0.15) is 18.0 Å². The van der Waals surface area contributed by atoms with Gasteiger partial charge in [0, 0.05) is 7.11 Å². The van der Waals surface area contributed by atoms with Crippen LogP contribution in [0.15, 0.2) is 24.3 Å². The number of amides is 1. The zero-order valence-corrected chi connectivity index (χ0v) is 14.4. The number of methoxy groups -OCH3 is 1. The second-order valence-corrected chi connectivity index (χ2v) is 6.25. The van der Waals surface area contributed by atoms with Crippen molar-refractivity contribution in [3.8, 4) is 5.75 Å². The van der Waals surface area contributed by atoms with E-state index < -0.39 is 5.60 Å². The first-order chi connectivity index (χ1) is 11.1. The Labute approximate surface area is 138 Å². The molecule has 1 saturated heterocycles. The molecule has 2 rings (SSSR count). The maximum Gasteiger partial charge on any atom is 0.252 e. The smallest absolute Gasteiger partial charge is 0.252 e. The van der Waals surface area contributed by atoms with E-state index in [2.05, 4.69) is 30.5 Å². The molecule has 5 nitrogen and oxygen atoms in total. The van der Waals surface area contributed by atoms with E-state index in [1.807, 2.05) is 18.2 Å².